The van der Waals surface area contributed by atoms with Crippen LogP contribution >= 0.6 is 0 Å². The zero-order chi connectivity index (χ0) is 20.0. The number of anilines is 1. The third-order valence-corrected chi connectivity index (χ3v) is 6.05. The number of carbonyl (C=O) groups is 1. The molecule has 0 bridgehead atoms. The van der Waals surface area contributed by atoms with Crippen molar-refractivity contribution in [3.05, 3.63) is 53.7 Å². The molecule has 1 atom stereocenters. The summed E-state index contributed by atoms with van der Waals surface area (Å²) < 4.78 is 53.8. The molecule has 1 aliphatic rings. The summed E-state index contributed by atoms with van der Waals surface area (Å²) in [6, 6.07) is 6.57. The van der Waals surface area contributed by atoms with Gasteiger partial charge in [-0.05, 0) is 42.5 Å². The summed E-state index contributed by atoms with van der Waals surface area (Å²) in [6.45, 7) is 0.212. The predicted octanol–water partition coefficient (Wildman–Crippen LogP) is 1.90. The van der Waals surface area contributed by atoms with Crippen molar-refractivity contribution < 1.29 is 27.1 Å². The molecule has 1 saturated heterocycles. The number of nitrogen functional groups attached to an aromatic ring is 1. The summed E-state index contributed by atoms with van der Waals surface area (Å²) in [5.41, 5.74) is 6.49. The van der Waals surface area contributed by atoms with E-state index in [1.165, 1.54) is 0 Å². The third-order valence-electron chi connectivity index (χ3n) is 4.14. The van der Waals surface area contributed by atoms with Crippen LogP contribution in [-0.4, -0.2) is 42.4 Å². The first-order chi connectivity index (χ1) is 12.8. The van der Waals surface area contributed by atoms with Gasteiger partial charge in [0.05, 0.1) is 0 Å². The van der Waals surface area contributed by atoms with Gasteiger partial charge in [0.25, 0.3) is 6.47 Å². The highest BCUT2D eigenvalue weighted by Gasteiger charge is 2.36. The highest BCUT2D eigenvalue weighted by atomic mass is 32.2. The number of pyridine rings is 1. The molecule has 1 aromatic carbocycles. The van der Waals surface area contributed by atoms with Crippen LogP contribution in [0, 0.1) is 17.6 Å². The molecule has 1 fully saturated rings. The molecule has 1 aliphatic heterocycles. The van der Waals surface area contributed by atoms with Crippen LogP contribution < -0.4 is 5.73 Å². The fourth-order valence-electron chi connectivity index (χ4n) is 2.93. The number of aromatic nitrogens is 1. The van der Waals surface area contributed by atoms with E-state index in [1.54, 1.807) is 12.3 Å². The quantitative estimate of drug-likeness (QED) is 0.759. The smallest absolute Gasteiger partial charge is 0.290 e. The van der Waals surface area contributed by atoms with Crippen molar-refractivity contribution in [2.24, 2.45) is 5.92 Å². The highest BCUT2D eigenvalue weighted by Crippen LogP contribution is 2.29. The molecule has 1 aromatic heterocycles. The Morgan fingerprint density at radius 2 is 1.89 bits per heavy atom. The summed E-state index contributed by atoms with van der Waals surface area (Å²) in [6.07, 6.45) is 2.92. The first-order valence-electron chi connectivity index (χ1n) is 8.02. The van der Waals surface area contributed by atoms with E-state index >= 15 is 0 Å². The molecule has 3 rings (SSSR count). The van der Waals surface area contributed by atoms with Crippen LogP contribution in [0.25, 0.3) is 0 Å². The fraction of sp³-hybridized carbons (Fsp3) is 0.294. The van der Waals surface area contributed by atoms with Crippen molar-refractivity contribution in [3.63, 3.8) is 0 Å². The van der Waals surface area contributed by atoms with Crippen molar-refractivity contribution in [1.29, 1.82) is 0 Å². The topological polar surface area (TPSA) is 114 Å². The summed E-state index contributed by atoms with van der Waals surface area (Å²) >= 11 is 0. The van der Waals surface area contributed by atoms with Gasteiger partial charge in [0, 0.05) is 19.3 Å². The molecule has 7 nitrogen and oxygen atoms in total. The second-order valence-electron chi connectivity index (χ2n) is 5.97. The van der Waals surface area contributed by atoms with Gasteiger partial charge in [-0.25, -0.2) is 22.2 Å². The van der Waals surface area contributed by atoms with E-state index < -0.39 is 26.6 Å². The monoisotopic (exact) mass is 399 g/mol. The average molecular weight is 399 g/mol. The first-order valence-corrected chi connectivity index (χ1v) is 9.46. The molecule has 1 unspecified atom stereocenters. The summed E-state index contributed by atoms with van der Waals surface area (Å²) in [4.78, 5) is 11.5. The molecule has 0 aliphatic carbocycles. The summed E-state index contributed by atoms with van der Waals surface area (Å²) in [5, 5.41) is 6.89. The van der Waals surface area contributed by atoms with Crippen molar-refractivity contribution in [3.8, 4) is 0 Å². The number of hydrogen-bond acceptors (Lipinski definition) is 5. The Morgan fingerprint density at radius 1 is 1.26 bits per heavy atom. The Kier molecular flexibility index (Phi) is 6.81. The zero-order valence-corrected chi connectivity index (χ0v) is 15.1. The van der Waals surface area contributed by atoms with Gasteiger partial charge in [0.2, 0.25) is 10.0 Å². The lowest BCUT2D eigenvalue weighted by atomic mass is 10.0. The lowest BCUT2D eigenvalue weighted by Crippen LogP contribution is -2.30. The maximum atomic E-state index is 13.8. The Balaban J connectivity index is 0.000000817. The zero-order valence-electron chi connectivity index (χ0n) is 14.3. The van der Waals surface area contributed by atoms with Crippen LogP contribution in [0.4, 0.5) is 14.6 Å². The predicted molar refractivity (Wildman–Crippen MR) is 94.3 cm³/mol. The lowest BCUT2D eigenvalue weighted by Gasteiger charge is -2.17. The molecule has 0 saturated carbocycles. The Morgan fingerprint density at radius 3 is 2.44 bits per heavy atom. The fourth-order valence-corrected chi connectivity index (χ4v) is 4.57. The largest absolute Gasteiger partial charge is 0.483 e. The number of halogens is 2. The van der Waals surface area contributed by atoms with Crippen molar-refractivity contribution in [2.45, 2.75) is 17.7 Å². The number of nitrogens with zero attached hydrogens (tertiary/aromatic N) is 2. The summed E-state index contributed by atoms with van der Waals surface area (Å²) in [5.74, 6) is -1.65. The van der Waals surface area contributed by atoms with Gasteiger partial charge in [-0.1, -0.05) is 12.1 Å². The maximum Gasteiger partial charge on any atom is 0.290 e. The molecule has 10 heteroatoms. The van der Waals surface area contributed by atoms with Crippen LogP contribution in [-0.2, 0) is 21.2 Å². The highest BCUT2D eigenvalue weighted by molar-refractivity contribution is 7.89. The minimum atomic E-state index is -4.18. The Bertz CT molecular complexity index is 871. The van der Waals surface area contributed by atoms with Crippen molar-refractivity contribution >= 4 is 22.3 Å². The van der Waals surface area contributed by atoms with Crippen LogP contribution in [0.2, 0.25) is 0 Å². The molecule has 0 radical (unpaired) electrons. The van der Waals surface area contributed by atoms with E-state index in [0.717, 1.165) is 28.1 Å². The molecular weight excluding hydrogens is 380 g/mol. The van der Waals surface area contributed by atoms with Gasteiger partial charge in [0.1, 0.15) is 17.5 Å². The number of sulfonamides is 1. The normalized spacial score (nSPS) is 17.2. The van der Waals surface area contributed by atoms with Crippen LogP contribution in [0.1, 0.15) is 12.0 Å². The molecule has 2 aromatic rings. The van der Waals surface area contributed by atoms with Gasteiger partial charge in [-0.3, -0.25) is 4.79 Å². The summed E-state index contributed by atoms with van der Waals surface area (Å²) in [7, 11) is -4.18. The van der Waals surface area contributed by atoms with Crippen LogP contribution in [0.15, 0.2) is 41.4 Å². The van der Waals surface area contributed by atoms with Gasteiger partial charge >= 0.3 is 0 Å². The number of benzene rings is 1. The van der Waals surface area contributed by atoms with Crippen molar-refractivity contribution in [1.82, 2.24) is 9.29 Å². The number of hydrogen-bond donors (Lipinski definition) is 2. The number of rotatable bonds is 4. The van der Waals surface area contributed by atoms with Crippen molar-refractivity contribution in [2.75, 3.05) is 18.8 Å². The standard InChI is InChI=1S/C16H17F2N3O2S.CH2O2/c17-13-2-1-3-14(18)16(13)24(22,23)21-7-6-12(10-21)8-11-4-5-15(19)20-9-11;2-1-3/h1-5,9,12H,6-8,10H2,(H2,19,20);1H,(H,2,3). The van der Waals surface area contributed by atoms with Crippen LogP contribution in [0.5, 0.6) is 0 Å². The second kappa shape index (κ2) is 8.87. The van der Waals surface area contributed by atoms with E-state index in [-0.39, 0.29) is 25.5 Å². The van der Waals surface area contributed by atoms with E-state index in [0.29, 0.717) is 18.7 Å². The SMILES string of the molecule is Nc1ccc(CC2CCN(S(=O)(=O)c3c(F)cccc3F)C2)cn1.O=CO. The maximum absolute atomic E-state index is 13.8. The van der Waals surface area contributed by atoms with Crippen LogP contribution in [0.3, 0.4) is 0 Å². The van der Waals surface area contributed by atoms with E-state index in [2.05, 4.69) is 4.98 Å². The molecule has 146 valence electrons. The minimum Gasteiger partial charge on any atom is -0.483 e. The molecule has 0 amide bonds. The Labute approximate surface area is 155 Å². The second-order valence-corrected chi connectivity index (χ2v) is 7.84. The third kappa shape index (κ3) is 4.98. The molecule has 3 N–H and O–H groups in total. The van der Waals surface area contributed by atoms with Gasteiger partial charge in [-0.2, -0.15) is 4.31 Å². The minimum absolute atomic E-state index is 0.0695. The van der Waals surface area contributed by atoms with E-state index in [9.17, 15) is 17.2 Å². The van der Waals surface area contributed by atoms with E-state index in [1.807, 2.05) is 6.07 Å². The molecule has 0 spiro atoms. The number of nitrogens with two attached hydrogens (primary N) is 1. The Hall–Kier alpha value is -2.59. The molecular formula is C17H19F2N3O4S. The molecule has 2 heterocycles. The lowest BCUT2D eigenvalue weighted by molar-refractivity contribution is -0.122. The van der Waals surface area contributed by atoms with Gasteiger partial charge in [0.15, 0.2) is 4.90 Å². The average Bonchev–Trinajstić information content (AvgIpc) is 3.07. The molecule has 27 heavy (non-hydrogen) atoms. The first kappa shape index (κ1) is 20.7. The number of carboxylic acid groups (broad SMARTS) is 1. The van der Waals surface area contributed by atoms with Gasteiger partial charge < -0.3 is 10.8 Å². The van der Waals surface area contributed by atoms with Gasteiger partial charge in [-0.15, -0.1) is 0 Å². The van der Waals surface area contributed by atoms with E-state index in [4.69, 9.17) is 15.6 Å².